The fourth-order valence-corrected chi connectivity index (χ4v) is 3.97. The van der Waals surface area contributed by atoms with Crippen molar-refractivity contribution in [1.82, 2.24) is 30.8 Å². The topological polar surface area (TPSA) is 102 Å². The van der Waals surface area contributed by atoms with Gasteiger partial charge in [0.25, 0.3) is 0 Å². The van der Waals surface area contributed by atoms with Gasteiger partial charge in [-0.1, -0.05) is 30.7 Å². The molecule has 24 heavy (non-hydrogen) atoms. The van der Waals surface area contributed by atoms with Crippen molar-refractivity contribution in [3.8, 4) is 0 Å². The molecule has 8 nitrogen and oxygen atoms in total. The molecule has 1 aliphatic rings. The van der Waals surface area contributed by atoms with Gasteiger partial charge in [-0.15, -0.1) is 16.4 Å². The lowest BCUT2D eigenvalue weighted by Crippen LogP contribution is -2.39. The maximum Gasteiger partial charge on any atom is 0.321 e. The molecular formula is C14H18N6O2S2. The normalized spacial score (nSPS) is 14.7. The average molecular weight is 366 g/mol. The Labute approximate surface area is 147 Å². The fraction of sp³-hybridized carbons (Fsp3) is 0.500. The first kappa shape index (κ1) is 16.9. The number of nitrogens with one attached hydrogen (secondary N) is 2. The van der Waals surface area contributed by atoms with Crippen LogP contribution < -0.4 is 10.6 Å². The summed E-state index contributed by atoms with van der Waals surface area (Å²) >= 11 is 2.79. The molecule has 1 aliphatic carbocycles. The van der Waals surface area contributed by atoms with Crippen molar-refractivity contribution >= 4 is 35.0 Å². The van der Waals surface area contributed by atoms with E-state index >= 15 is 0 Å². The molecule has 2 aromatic heterocycles. The largest absolute Gasteiger partial charge is 0.333 e. The van der Waals surface area contributed by atoms with Gasteiger partial charge in [-0.2, -0.15) is 0 Å². The van der Waals surface area contributed by atoms with E-state index in [-0.39, 0.29) is 11.7 Å². The smallest absolute Gasteiger partial charge is 0.321 e. The van der Waals surface area contributed by atoms with Crippen LogP contribution in [0.25, 0.3) is 0 Å². The van der Waals surface area contributed by atoms with E-state index in [9.17, 15) is 9.59 Å². The molecule has 0 aromatic carbocycles. The van der Waals surface area contributed by atoms with E-state index in [0.717, 1.165) is 17.7 Å². The third-order valence-electron chi connectivity index (χ3n) is 3.72. The van der Waals surface area contributed by atoms with Crippen LogP contribution in [0, 0.1) is 0 Å². The SMILES string of the molecule is O=C(CSc1nnnn1C1CCCC1)NC(=O)NCc1cccs1. The quantitative estimate of drug-likeness (QED) is 0.758. The van der Waals surface area contributed by atoms with Crippen LogP contribution in [0.1, 0.15) is 36.6 Å². The maximum absolute atomic E-state index is 11.9. The second kappa shape index (κ2) is 8.25. The lowest BCUT2D eigenvalue weighted by molar-refractivity contribution is -0.117. The maximum atomic E-state index is 11.9. The van der Waals surface area contributed by atoms with Gasteiger partial charge in [-0.05, 0) is 34.7 Å². The van der Waals surface area contributed by atoms with E-state index in [1.807, 2.05) is 17.5 Å². The zero-order valence-electron chi connectivity index (χ0n) is 13.0. The Balaban J connectivity index is 1.42. The molecule has 0 atom stereocenters. The number of urea groups is 1. The highest BCUT2D eigenvalue weighted by molar-refractivity contribution is 7.99. The van der Waals surface area contributed by atoms with Crippen molar-refractivity contribution in [3.05, 3.63) is 22.4 Å². The van der Waals surface area contributed by atoms with Crippen LogP contribution in [-0.2, 0) is 11.3 Å². The van der Waals surface area contributed by atoms with Crippen LogP contribution in [0.3, 0.4) is 0 Å². The van der Waals surface area contributed by atoms with Gasteiger partial charge in [-0.25, -0.2) is 9.48 Å². The molecule has 0 aliphatic heterocycles. The summed E-state index contributed by atoms with van der Waals surface area (Å²) in [7, 11) is 0. The Bertz CT molecular complexity index is 681. The lowest BCUT2D eigenvalue weighted by atomic mass is 10.3. The van der Waals surface area contributed by atoms with Gasteiger partial charge in [0, 0.05) is 4.88 Å². The Morgan fingerprint density at radius 1 is 1.38 bits per heavy atom. The van der Waals surface area contributed by atoms with Crippen molar-refractivity contribution in [2.45, 2.75) is 43.4 Å². The molecule has 2 heterocycles. The zero-order chi connectivity index (χ0) is 16.8. The molecular weight excluding hydrogens is 348 g/mol. The average Bonchev–Trinajstić information content (AvgIpc) is 3.32. The Kier molecular flexibility index (Phi) is 5.81. The molecule has 2 aromatic rings. The highest BCUT2D eigenvalue weighted by atomic mass is 32.2. The summed E-state index contributed by atoms with van der Waals surface area (Å²) in [6.07, 6.45) is 4.49. The van der Waals surface area contributed by atoms with E-state index in [2.05, 4.69) is 26.2 Å². The van der Waals surface area contributed by atoms with Gasteiger partial charge in [0.1, 0.15) is 0 Å². The van der Waals surface area contributed by atoms with Crippen LogP contribution in [0.4, 0.5) is 4.79 Å². The number of carbonyl (C=O) groups is 2. The van der Waals surface area contributed by atoms with Gasteiger partial charge in [-0.3, -0.25) is 10.1 Å². The highest BCUT2D eigenvalue weighted by Gasteiger charge is 2.22. The molecule has 3 amide bonds. The molecule has 1 saturated carbocycles. The standard InChI is InChI=1S/C14H18N6O2S2/c21-12(16-13(22)15-8-11-6-3-7-23-11)9-24-14-17-18-19-20(14)10-4-1-2-5-10/h3,6-7,10H,1-2,4-5,8-9H2,(H2,15,16,21,22). The number of thiophene rings is 1. The summed E-state index contributed by atoms with van der Waals surface area (Å²) in [5, 5.41) is 19.2. The number of thioether (sulfide) groups is 1. The number of aromatic nitrogens is 4. The molecule has 0 radical (unpaired) electrons. The van der Waals surface area contributed by atoms with Crippen molar-refractivity contribution < 1.29 is 9.59 Å². The van der Waals surface area contributed by atoms with Crippen LogP contribution in [-0.4, -0.2) is 37.9 Å². The van der Waals surface area contributed by atoms with Gasteiger partial charge in [0.05, 0.1) is 18.3 Å². The van der Waals surface area contributed by atoms with E-state index in [1.54, 1.807) is 16.0 Å². The molecule has 0 unspecified atom stereocenters. The van der Waals surface area contributed by atoms with Gasteiger partial charge in [0.2, 0.25) is 11.1 Å². The number of carbonyl (C=O) groups excluding carboxylic acids is 2. The summed E-state index contributed by atoms with van der Waals surface area (Å²) in [5.41, 5.74) is 0. The van der Waals surface area contributed by atoms with Crippen molar-refractivity contribution in [2.75, 3.05) is 5.75 Å². The van der Waals surface area contributed by atoms with Gasteiger partial charge < -0.3 is 5.32 Å². The lowest BCUT2D eigenvalue weighted by Gasteiger charge is -2.10. The second-order valence-electron chi connectivity index (χ2n) is 5.44. The van der Waals surface area contributed by atoms with E-state index < -0.39 is 6.03 Å². The first-order valence-electron chi connectivity index (χ1n) is 7.73. The van der Waals surface area contributed by atoms with Crippen molar-refractivity contribution in [3.63, 3.8) is 0 Å². The van der Waals surface area contributed by atoms with Crippen LogP contribution in [0.5, 0.6) is 0 Å². The number of amides is 3. The minimum absolute atomic E-state index is 0.0967. The molecule has 0 saturated heterocycles. The predicted molar refractivity (Wildman–Crippen MR) is 90.7 cm³/mol. The number of hydrogen-bond acceptors (Lipinski definition) is 7. The van der Waals surface area contributed by atoms with Crippen molar-refractivity contribution in [1.29, 1.82) is 0 Å². The molecule has 3 rings (SSSR count). The number of hydrogen-bond donors (Lipinski definition) is 2. The van der Waals surface area contributed by atoms with Crippen LogP contribution in [0.2, 0.25) is 0 Å². The molecule has 0 bridgehead atoms. The number of rotatable bonds is 6. The summed E-state index contributed by atoms with van der Waals surface area (Å²) in [4.78, 5) is 24.6. The fourth-order valence-electron chi connectivity index (χ4n) is 2.58. The second-order valence-corrected chi connectivity index (χ2v) is 7.42. The molecule has 0 spiro atoms. The van der Waals surface area contributed by atoms with Gasteiger partial charge in [0.15, 0.2) is 0 Å². The first-order valence-corrected chi connectivity index (χ1v) is 9.59. The molecule has 1 fully saturated rings. The van der Waals surface area contributed by atoms with Crippen molar-refractivity contribution in [2.24, 2.45) is 0 Å². The summed E-state index contributed by atoms with van der Waals surface area (Å²) in [6.45, 7) is 0.407. The molecule has 128 valence electrons. The number of imide groups is 1. The molecule has 10 heteroatoms. The van der Waals surface area contributed by atoms with E-state index in [0.29, 0.717) is 17.7 Å². The van der Waals surface area contributed by atoms with E-state index in [4.69, 9.17) is 0 Å². The molecule has 2 N–H and O–H groups in total. The summed E-state index contributed by atoms with van der Waals surface area (Å²) in [6, 6.07) is 3.66. The third kappa shape index (κ3) is 4.54. The van der Waals surface area contributed by atoms with Gasteiger partial charge >= 0.3 is 6.03 Å². The minimum Gasteiger partial charge on any atom is -0.333 e. The van der Waals surface area contributed by atoms with E-state index in [1.165, 1.54) is 24.6 Å². The first-order chi connectivity index (χ1) is 11.7. The highest BCUT2D eigenvalue weighted by Crippen LogP contribution is 2.31. The Hall–Kier alpha value is -1.94. The minimum atomic E-state index is -0.496. The van der Waals surface area contributed by atoms with Crippen LogP contribution in [0.15, 0.2) is 22.7 Å². The summed E-state index contributed by atoms with van der Waals surface area (Å²) < 4.78 is 1.79. The predicted octanol–water partition coefficient (Wildman–Crippen LogP) is 1.97. The Morgan fingerprint density at radius 2 is 2.21 bits per heavy atom. The van der Waals surface area contributed by atoms with Crippen LogP contribution >= 0.6 is 23.1 Å². The third-order valence-corrected chi connectivity index (χ3v) is 5.53. The number of nitrogens with zero attached hydrogens (tertiary/aromatic N) is 4. The Morgan fingerprint density at radius 3 is 2.96 bits per heavy atom. The zero-order valence-corrected chi connectivity index (χ0v) is 14.6. The number of tetrazole rings is 1. The monoisotopic (exact) mass is 366 g/mol. The summed E-state index contributed by atoms with van der Waals surface area (Å²) in [5.74, 6) is -0.274.